The van der Waals surface area contributed by atoms with Crippen LogP contribution in [0.15, 0.2) is 54.6 Å². The van der Waals surface area contributed by atoms with Crippen molar-refractivity contribution in [2.75, 3.05) is 13.2 Å². The lowest BCUT2D eigenvalue weighted by Gasteiger charge is -2.37. The summed E-state index contributed by atoms with van der Waals surface area (Å²) in [4.78, 5) is 53.1. The van der Waals surface area contributed by atoms with E-state index < -0.39 is 59.8 Å². The third-order valence-electron chi connectivity index (χ3n) is 7.27. The van der Waals surface area contributed by atoms with Gasteiger partial charge in [-0.2, -0.15) is 0 Å². The zero-order valence-corrected chi connectivity index (χ0v) is 21.8. The molecule has 0 aliphatic carbocycles. The second-order valence-corrected chi connectivity index (χ2v) is 10.1. The lowest BCUT2D eigenvalue weighted by Crippen LogP contribution is -2.65. The number of amides is 4. The van der Waals surface area contributed by atoms with Gasteiger partial charge in [-0.1, -0.05) is 49.4 Å². The van der Waals surface area contributed by atoms with Crippen molar-refractivity contribution < 1.29 is 34.1 Å². The predicted octanol–water partition coefficient (Wildman–Crippen LogP) is -0.135. The highest BCUT2D eigenvalue weighted by Gasteiger charge is 2.41. The molecule has 4 rings (SSSR count). The fourth-order valence-corrected chi connectivity index (χ4v) is 4.73. The van der Waals surface area contributed by atoms with Crippen molar-refractivity contribution in [2.24, 2.45) is 11.8 Å². The molecule has 2 aliphatic rings. The zero-order chi connectivity index (χ0) is 28.1. The normalized spacial score (nSPS) is 28.5. The van der Waals surface area contributed by atoms with Crippen LogP contribution in [0.25, 0.3) is 0 Å². The van der Waals surface area contributed by atoms with Crippen LogP contribution in [-0.2, 0) is 25.5 Å². The molecule has 1 unspecified atom stereocenters. The Labute approximate surface area is 226 Å². The number of aromatic hydroxyl groups is 1. The first kappa shape index (κ1) is 28.1. The van der Waals surface area contributed by atoms with Crippen LogP contribution in [0, 0.1) is 11.8 Å². The van der Waals surface area contributed by atoms with E-state index in [9.17, 15) is 29.4 Å². The van der Waals surface area contributed by atoms with Gasteiger partial charge in [0, 0.05) is 5.92 Å². The summed E-state index contributed by atoms with van der Waals surface area (Å²) in [5, 5.41) is 32.3. The lowest BCUT2D eigenvalue weighted by molar-refractivity contribution is -0.141. The summed E-state index contributed by atoms with van der Waals surface area (Å²) < 4.78 is 5.23. The van der Waals surface area contributed by atoms with Crippen molar-refractivity contribution in [1.82, 2.24) is 21.3 Å². The molecule has 6 atom stereocenters. The van der Waals surface area contributed by atoms with E-state index in [4.69, 9.17) is 4.74 Å². The second kappa shape index (κ2) is 12.3. The molecular formula is C28H34N4O7. The molecule has 11 nitrogen and oxygen atoms in total. The summed E-state index contributed by atoms with van der Waals surface area (Å²) >= 11 is 0. The smallest absolute Gasteiger partial charge is 0.255 e. The molecule has 6 N–H and O–H groups in total. The van der Waals surface area contributed by atoms with Crippen molar-refractivity contribution in [3.63, 3.8) is 0 Å². The molecule has 0 aromatic heterocycles. The molecule has 0 radical (unpaired) electrons. The van der Waals surface area contributed by atoms with Gasteiger partial charge in [-0.25, -0.2) is 0 Å². The number of para-hydroxylation sites is 1. The molecule has 39 heavy (non-hydrogen) atoms. The highest BCUT2D eigenvalue weighted by molar-refractivity contribution is 6.00. The molecule has 2 aromatic rings. The molecule has 2 heterocycles. The van der Waals surface area contributed by atoms with Gasteiger partial charge in [-0.3, -0.25) is 19.2 Å². The molecule has 2 aromatic carbocycles. The van der Waals surface area contributed by atoms with E-state index in [0.29, 0.717) is 0 Å². The Morgan fingerprint density at radius 1 is 0.923 bits per heavy atom. The first-order valence-corrected chi connectivity index (χ1v) is 13.0. The lowest BCUT2D eigenvalue weighted by atomic mass is 9.90. The number of benzene rings is 2. The van der Waals surface area contributed by atoms with Gasteiger partial charge in [-0.15, -0.1) is 0 Å². The highest BCUT2D eigenvalue weighted by atomic mass is 16.5. The Morgan fingerprint density at radius 2 is 1.59 bits per heavy atom. The number of phenolic OH excluding ortho intramolecular Hbond substituents is 1. The van der Waals surface area contributed by atoms with Gasteiger partial charge in [0.2, 0.25) is 17.7 Å². The number of ether oxygens (including phenoxy) is 1. The average molecular weight is 539 g/mol. The molecule has 4 amide bonds. The minimum Gasteiger partial charge on any atom is -0.507 e. The Morgan fingerprint density at radius 3 is 2.23 bits per heavy atom. The average Bonchev–Trinajstić information content (AvgIpc) is 2.89. The standard InChI is InChI=1S/C28H34N4O7/c1-15-24(34)20(12-17-8-4-3-5-9-17)30-27(37)22(31-26(36)19-10-6-7-11-21(19)33)16(2)29-28(38)23(32-25(15)35)18-13-39-14-18/h3-11,15-16,18,20,22-24,33-34H,12-14H2,1-2H3,(H,29,38)(H,30,37)(H,31,36)(H,32,35)/t15-,16-,20+,22+,23?,24+/m1/s1. The summed E-state index contributed by atoms with van der Waals surface area (Å²) in [7, 11) is 0. The number of nitrogens with one attached hydrogen (secondary N) is 4. The van der Waals surface area contributed by atoms with Crippen LogP contribution in [0.5, 0.6) is 5.75 Å². The van der Waals surface area contributed by atoms with Gasteiger partial charge in [0.25, 0.3) is 5.91 Å². The van der Waals surface area contributed by atoms with Crippen LogP contribution in [0.2, 0.25) is 0 Å². The first-order chi connectivity index (χ1) is 18.7. The summed E-state index contributed by atoms with van der Waals surface area (Å²) in [5.41, 5.74) is 0.781. The molecule has 2 saturated heterocycles. The highest BCUT2D eigenvalue weighted by Crippen LogP contribution is 2.20. The maximum Gasteiger partial charge on any atom is 0.255 e. The van der Waals surface area contributed by atoms with Gasteiger partial charge < -0.3 is 36.2 Å². The van der Waals surface area contributed by atoms with Crippen LogP contribution in [-0.4, -0.2) is 77.3 Å². The molecule has 0 saturated carbocycles. The molecular weight excluding hydrogens is 504 g/mol. The van der Waals surface area contributed by atoms with E-state index in [1.54, 1.807) is 19.1 Å². The maximum absolute atomic E-state index is 13.6. The summed E-state index contributed by atoms with van der Waals surface area (Å²) in [6.45, 7) is 3.63. The van der Waals surface area contributed by atoms with Crippen molar-refractivity contribution in [2.45, 2.75) is 50.5 Å². The molecule has 0 spiro atoms. The Balaban J connectivity index is 1.67. The van der Waals surface area contributed by atoms with Crippen molar-refractivity contribution >= 4 is 23.6 Å². The minimum absolute atomic E-state index is 0.0406. The van der Waals surface area contributed by atoms with Gasteiger partial charge in [0.1, 0.15) is 17.8 Å². The minimum atomic E-state index is -1.31. The monoisotopic (exact) mass is 538 g/mol. The van der Waals surface area contributed by atoms with Gasteiger partial charge in [0.05, 0.1) is 42.9 Å². The van der Waals surface area contributed by atoms with E-state index in [1.165, 1.54) is 19.1 Å². The molecule has 0 bridgehead atoms. The summed E-state index contributed by atoms with van der Waals surface area (Å²) in [5.74, 6) is -3.96. The fraction of sp³-hybridized carbons (Fsp3) is 0.429. The number of hydrogen-bond donors (Lipinski definition) is 6. The number of carbonyl (C=O) groups excluding carboxylic acids is 4. The van der Waals surface area contributed by atoms with E-state index in [0.717, 1.165) is 5.56 Å². The molecule has 2 aliphatic heterocycles. The second-order valence-electron chi connectivity index (χ2n) is 10.1. The quantitative estimate of drug-likeness (QED) is 0.308. The zero-order valence-electron chi connectivity index (χ0n) is 21.8. The molecule has 2 fully saturated rings. The van der Waals surface area contributed by atoms with E-state index in [2.05, 4.69) is 21.3 Å². The SMILES string of the molecule is C[C@H]1NC(=O)C(C2COC2)NC(=O)[C@H](C)[C@H](O)[C@H](Cc2ccccc2)NC(=O)[C@H]1NC(=O)c1ccccc1O. The number of aliphatic hydroxyl groups excluding tert-OH is 1. The van der Waals surface area contributed by atoms with Crippen molar-refractivity contribution in [3.8, 4) is 5.75 Å². The Hall–Kier alpha value is -3.96. The van der Waals surface area contributed by atoms with Crippen LogP contribution < -0.4 is 21.3 Å². The van der Waals surface area contributed by atoms with Gasteiger partial charge >= 0.3 is 0 Å². The Bertz CT molecular complexity index is 1200. The van der Waals surface area contributed by atoms with Crippen LogP contribution in [0.1, 0.15) is 29.8 Å². The maximum atomic E-state index is 13.6. The van der Waals surface area contributed by atoms with Gasteiger partial charge in [-0.05, 0) is 31.0 Å². The van der Waals surface area contributed by atoms with Crippen LogP contribution in [0.4, 0.5) is 0 Å². The van der Waals surface area contributed by atoms with E-state index >= 15 is 0 Å². The van der Waals surface area contributed by atoms with Crippen molar-refractivity contribution in [1.29, 1.82) is 0 Å². The number of aliphatic hydroxyl groups is 1. The number of phenols is 1. The third kappa shape index (κ3) is 6.55. The van der Waals surface area contributed by atoms with Crippen LogP contribution in [0.3, 0.4) is 0 Å². The Kier molecular flexibility index (Phi) is 8.82. The molecule has 11 heteroatoms. The topological polar surface area (TPSA) is 166 Å². The number of carbonyl (C=O) groups is 4. The summed E-state index contributed by atoms with van der Waals surface area (Å²) in [6, 6.07) is 11.0. The van der Waals surface area contributed by atoms with Gasteiger partial charge in [0.15, 0.2) is 0 Å². The number of rotatable bonds is 5. The fourth-order valence-electron chi connectivity index (χ4n) is 4.73. The van der Waals surface area contributed by atoms with Crippen LogP contribution >= 0.6 is 0 Å². The third-order valence-corrected chi connectivity index (χ3v) is 7.27. The largest absolute Gasteiger partial charge is 0.507 e. The van der Waals surface area contributed by atoms with E-state index in [1.807, 2.05) is 30.3 Å². The summed E-state index contributed by atoms with van der Waals surface area (Å²) in [6.07, 6.45) is -1.09. The molecule has 208 valence electrons. The number of hydrogen-bond acceptors (Lipinski definition) is 7. The van der Waals surface area contributed by atoms with Crippen molar-refractivity contribution in [3.05, 3.63) is 65.7 Å². The van der Waals surface area contributed by atoms with E-state index in [-0.39, 0.29) is 36.9 Å². The predicted molar refractivity (Wildman–Crippen MR) is 140 cm³/mol. The first-order valence-electron chi connectivity index (χ1n) is 13.0.